The van der Waals surface area contributed by atoms with Crippen molar-refractivity contribution in [2.45, 2.75) is 19.6 Å². The molecule has 4 nitrogen and oxygen atoms in total. The first-order chi connectivity index (χ1) is 9.08. The fourth-order valence-corrected chi connectivity index (χ4v) is 1.54. The Labute approximate surface area is 111 Å². The maximum atomic E-state index is 13.7. The zero-order valence-corrected chi connectivity index (χ0v) is 11.1. The smallest absolute Gasteiger partial charge is 0.190 e. The molecule has 1 unspecified atom stereocenters. The molecule has 0 aliphatic heterocycles. The molecule has 1 aromatic rings. The Balaban J connectivity index is 2.68. The normalized spacial score (nSPS) is 12.5. The number of nitrogens with one attached hydrogen (secondary N) is 1. The molecule has 0 fully saturated rings. The van der Waals surface area contributed by atoms with E-state index in [1.165, 1.54) is 19.2 Å². The lowest BCUT2D eigenvalue weighted by Gasteiger charge is -2.13. The number of aliphatic hydroxyl groups excluding tert-OH is 1. The van der Waals surface area contributed by atoms with E-state index in [0.717, 1.165) is 0 Å². The number of aliphatic hydroxyl groups is 1. The van der Waals surface area contributed by atoms with Crippen LogP contribution in [0.3, 0.4) is 0 Å². The van der Waals surface area contributed by atoms with Gasteiger partial charge in [0.1, 0.15) is 12.7 Å². The predicted octanol–water partition coefficient (Wildman–Crippen LogP) is 1.46. The van der Waals surface area contributed by atoms with Gasteiger partial charge in [0.2, 0.25) is 0 Å². The number of rotatable bonds is 8. The van der Waals surface area contributed by atoms with Gasteiger partial charge in [0.05, 0.1) is 6.61 Å². The Hall–Kier alpha value is -1.24. The molecular weight excluding hydrogens is 256 g/mol. The second kappa shape index (κ2) is 8.04. The molecule has 0 amide bonds. The van der Waals surface area contributed by atoms with Gasteiger partial charge in [-0.15, -0.1) is 0 Å². The zero-order valence-electron chi connectivity index (χ0n) is 11.1. The van der Waals surface area contributed by atoms with Crippen molar-refractivity contribution in [2.24, 2.45) is 0 Å². The van der Waals surface area contributed by atoms with E-state index in [1.807, 2.05) is 6.92 Å². The van der Waals surface area contributed by atoms with Gasteiger partial charge in [-0.1, -0.05) is 6.92 Å². The number of hydrogen-bond acceptors (Lipinski definition) is 4. The molecule has 108 valence electrons. The van der Waals surface area contributed by atoms with Gasteiger partial charge in [0, 0.05) is 13.7 Å². The topological polar surface area (TPSA) is 50.7 Å². The summed E-state index contributed by atoms with van der Waals surface area (Å²) in [7, 11) is 1.42. The fourth-order valence-electron chi connectivity index (χ4n) is 1.54. The SMILES string of the molecule is CCNCc1cc(F)c(OCC(O)COC)c(F)c1. The van der Waals surface area contributed by atoms with Crippen LogP contribution in [-0.2, 0) is 11.3 Å². The molecule has 2 N–H and O–H groups in total. The fraction of sp³-hybridized carbons (Fsp3) is 0.538. The Bertz CT molecular complexity index is 378. The van der Waals surface area contributed by atoms with Gasteiger partial charge >= 0.3 is 0 Å². The maximum absolute atomic E-state index is 13.7. The molecule has 19 heavy (non-hydrogen) atoms. The lowest BCUT2D eigenvalue weighted by Crippen LogP contribution is -2.23. The highest BCUT2D eigenvalue weighted by Crippen LogP contribution is 2.23. The molecule has 1 atom stereocenters. The second-order valence-electron chi connectivity index (χ2n) is 4.09. The summed E-state index contributed by atoms with van der Waals surface area (Å²) in [5, 5.41) is 12.3. The Kier molecular flexibility index (Phi) is 6.69. The van der Waals surface area contributed by atoms with E-state index in [9.17, 15) is 13.9 Å². The number of halogens is 2. The van der Waals surface area contributed by atoms with Gasteiger partial charge in [-0.3, -0.25) is 0 Å². The molecule has 1 rings (SSSR count). The van der Waals surface area contributed by atoms with E-state index < -0.39 is 23.5 Å². The van der Waals surface area contributed by atoms with Crippen molar-refractivity contribution < 1.29 is 23.4 Å². The predicted molar refractivity (Wildman–Crippen MR) is 67.1 cm³/mol. The molecule has 6 heteroatoms. The molecule has 0 saturated carbocycles. The Morgan fingerprint density at radius 3 is 2.42 bits per heavy atom. The van der Waals surface area contributed by atoms with Crippen LogP contribution in [0.1, 0.15) is 12.5 Å². The van der Waals surface area contributed by atoms with Crippen LogP contribution in [0.25, 0.3) is 0 Å². The third-order valence-corrected chi connectivity index (χ3v) is 2.42. The van der Waals surface area contributed by atoms with Gasteiger partial charge < -0.3 is 19.9 Å². The van der Waals surface area contributed by atoms with E-state index >= 15 is 0 Å². The van der Waals surface area contributed by atoms with Gasteiger partial charge in [0.15, 0.2) is 17.4 Å². The molecule has 0 aliphatic rings. The monoisotopic (exact) mass is 275 g/mol. The maximum Gasteiger partial charge on any atom is 0.190 e. The molecule has 0 spiro atoms. The van der Waals surface area contributed by atoms with Crippen molar-refractivity contribution in [3.8, 4) is 5.75 Å². The summed E-state index contributed by atoms with van der Waals surface area (Å²) in [5.41, 5.74) is 0.502. The third kappa shape index (κ3) is 5.10. The van der Waals surface area contributed by atoms with E-state index in [2.05, 4.69) is 5.32 Å². The van der Waals surface area contributed by atoms with Crippen molar-refractivity contribution >= 4 is 0 Å². The summed E-state index contributed by atoms with van der Waals surface area (Å²) in [6.07, 6.45) is -0.926. The minimum Gasteiger partial charge on any atom is -0.485 e. The van der Waals surface area contributed by atoms with Gasteiger partial charge in [-0.2, -0.15) is 0 Å². The van der Waals surface area contributed by atoms with Gasteiger partial charge in [-0.05, 0) is 24.2 Å². The van der Waals surface area contributed by atoms with Crippen molar-refractivity contribution in [1.82, 2.24) is 5.32 Å². The highest BCUT2D eigenvalue weighted by Gasteiger charge is 2.14. The van der Waals surface area contributed by atoms with Gasteiger partial charge in [-0.25, -0.2) is 8.78 Å². The van der Waals surface area contributed by atoms with E-state index in [4.69, 9.17) is 9.47 Å². The average molecular weight is 275 g/mol. The lowest BCUT2D eigenvalue weighted by molar-refractivity contribution is 0.0305. The molecule has 0 radical (unpaired) electrons. The minimum atomic E-state index is -0.926. The quantitative estimate of drug-likeness (QED) is 0.754. The molecule has 0 aliphatic carbocycles. The van der Waals surface area contributed by atoms with Gasteiger partial charge in [0.25, 0.3) is 0 Å². The van der Waals surface area contributed by atoms with Crippen molar-refractivity contribution in [3.05, 3.63) is 29.3 Å². The summed E-state index contributed by atoms with van der Waals surface area (Å²) in [6, 6.07) is 2.42. The first-order valence-corrected chi connectivity index (χ1v) is 6.06. The van der Waals surface area contributed by atoms with Crippen LogP contribution < -0.4 is 10.1 Å². The second-order valence-corrected chi connectivity index (χ2v) is 4.09. The molecule has 0 heterocycles. The minimum absolute atomic E-state index is 0.0434. The highest BCUT2D eigenvalue weighted by atomic mass is 19.1. The summed E-state index contributed by atoms with van der Waals surface area (Å²) < 4.78 is 37.0. The van der Waals surface area contributed by atoms with Crippen LogP contribution in [0.15, 0.2) is 12.1 Å². The first-order valence-electron chi connectivity index (χ1n) is 6.06. The molecule has 0 bridgehead atoms. The van der Waals surface area contributed by atoms with Crippen LogP contribution in [0.2, 0.25) is 0 Å². The van der Waals surface area contributed by atoms with Crippen molar-refractivity contribution in [2.75, 3.05) is 26.9 Å². The number of ether oxygens (including phenoxy) is 2. The Morgan fingerprint density at radius 1 is 1.26 bits per heavy atom. The molecule has 1 aromatic carbocycles. The largest absolute Gasteiger partial charge is 0.485 e. The van der Waals surface area contributed by atoms with Crippen LogP contribution in [0, 0.1) is 11.6 Å². The van der Waals surface area contributed by atoms with E-state index in [1.54, 1.807) is 0 Å². The number of methoxy groups -OCH3 is 1. The summed E-state index contributed by atoms with van der Waals surface area (Å²) in [4.78, 5) is 0. The van der Waals surface area contributed by atoms with Crippen LogP contribution in [0.4, 0.5) is 8.78 Å². The van der Waals surface area contributed by atoms with Crippen molar-refractivity contribution in [3.63, 3.8) is 0 Å². The summed E-state index contributed by atoms with van der Waals surface area (Å²) >= 11 is 0. The van der Waals surface area contributed by atoms with Crippen LogP contribution >= 0.6 is 0 Å². The highest BCUT2D eigenvalue weighted by molar-refractivity contribution is 5.31. The van der Waals surface area contributed by atoms with Crippen LogP contribution in [0.5, 0.6) is 5.75 Å². The molecule has 0 aromatic heterocycles. The van der Waals surface area contributed by atoms with Crippen LogP contribution in [-0.4, -0.2) is 38.1 Å². The zero-order chi connectivity index (χ0) is 14.3. The average Bonchev–Trinajstić information content (AvgIpc) is 2.35. The molecular formula is C13H19F2NO3. The summed E-state index contributed by atoms with van der Waals surface area (Å²) in [5.74, 6) is -2.04. The Morgan fingerprint density at radius 2 is 1.89 bits per heavy atom. The number of benzene rings is 1. The third-order valence-electron chi connectivity index (χ3n) is 2.42. The first kappa shape index (κ1) is 15.8. The summed E-state index contributed by atoms with van der Waals surface area (Å²) in [6.45, 7) is 2.82. The molecule has 0 saturated heterocycles. The lowest BCUT2D eigenvalue weighted by atomic mass is 10.2. The standard InChI is InChI=1S/C13H19F2NO3/c1-3-16-6-9-4-11(14)13(12(15)5-9)19-8-10(17)7-18-2/h4-5,10,16-17H,3,6-8H2,1-2H3. The number of hydrogen-bond donors (Lipinski definition) is 2. The van der Waals surface area contributed by atoms with E-state index in [0.29, 0.717) is 18.7 Å². The van der Waals surface area contributed by atoms with E-state index in [-0.39, 0.29) is 13.2 Å². The van der Waals surface area contributed by atoms with Crippen molar-refractivity contribution in [1.29, 1.82) is 0 Å².